The molecule has 0 aliphatic carbocycles. The molecule has 6 heteroatoms. The number of nitrogens with zero attached hydrogens (tertiary/aromatic N) is 3. The number of ether oxygens (including phenoxy) is 2. The Hall–Kier alpha value is -2.86. The Morgan fingerprint density at radius 1 is 1.04 bits per heavy atom. The first kappa shape index (κ1) is 17.5. The third kappa shape index (κ3) is 3.40. The van der Waals surface area contributed by atoms with Crippen molar-refractivity contribution in [3.8, 4) is 22.8 Å². The summed E-state index contributed by atoms with van der Waals surface area (Å²) < 4.78 is 10.8. The van der Waals surface area contributed by atoms with Gasteiger partial charge in [0, 0.05) is 23.1 Å². The van der Waals surface area contributed by atoms with Crippen molar-refractivity contribution in [2.75, 3.05) is 19.2 Å². The zero-order chi connectivity index (χ0) is 18.8. The zero-order valence-corrected chi connectivity index (χ0v) is 16.4. The topological polar surface area (TPSA) is 47.0 Å². The lowest BCUT2D eigenvalue weighted by atomic mass is 10.0. The van der Waals surface area contributed by atoms with E-state index in [1.165, 1.54) is 0 Å². The van der Waals surface area contributed by atoms with Gasteiger partial charge >= 0.3 is 0 Å². The minimum atomic E-state index is 0.0968. The van der Waals surface area contributed by atoms with Gasteiger partial charge in [0.1, 0.15) is 0 Å². The standard InChI is InChI=1S/C21H21N3O2S/c1-14-11-18(16-9-10-19(25-2)20(12-16)26-3)24(23-14)21-22-17(13-27-21)15-7-5-4-6-8-15/h4-10,12-13,18H,11H2,1-3H3/t18-/m0/s1. The molecule has 0 bridgehead atoms. The predicted molar refractivity (Wildman–Crippen MR) is 110 cm³/mol. The molecule has 1 aliphatic heterocycles. The van der Waals surface area contributed by atoms with Crippen molar-refractivity contribution in [2.45, 2.75) is 19.4 Å². The highest BCUT2D eigenvalue weighted by molar-refractivity contribution is 7.14. The fourth-order valence-electron chi connectivity index (χ4n) is 3.27. The van der Waals surface area contributed by atoms with E-state index in [1.807, 2.05) is 35.3 Å². The molecule has 1 atom stereocenters. The molecule has 0 spiro atoms. The van der Waals surface area contributed by atoms with E-state index in [2.05, 4.69) is 30.5 Å². The monoisotopic (exact) mass is 379 g/mol. The van der Waals surface area contributed by atoms with Gasteiger partial charge in [-0.05, 0) is 24.6 Å². The Bertz CT molecular complexity index is 969. The van der Waals surface area contributed by atoms with Crippen LogP contribution in [0.2, 0.25) is 0 Å². The first-order valence-electron chi connectivity index (χ1n) is 8.76. The Morgan fingerprint density at radius 3 is 2.56 bits per heavy atom. The van der Waals surface area contributed by atoms with Gasteiger partial charge in [-0.25, -0.2) is 9.99 Å². The van der Waals surface area contributed by atoms with Gasteiger partial charge in [-0.1, -0.05) is 36.4 Å². The van der Waals surface area contributed by atoms with Crippen molar-refractivity contribution in [2.24, 2.45) is 5.10 Å². The Morgan fingerprint density at radius 2 is 1.81 bits per heavy atom. The number of rotatable bonds is 5. The lowest BCUT2D eigenvalue weighted by molar-refractivity contribution is 0.354. The van der Waals surface area contributed by atoms with Gasteiger partial charge < -0.3 is 9.47 Å². The number of hydrogen-bond acceptors (Lipinski definition) is 6. The molecule has 1 aliphatic rings. The summed E-state index contributed by atoms with van der Waals surface area (Å²) in [6.07, 6.45) is 0.857. The third-order valence-corrected chi connectivity index (χ3v) is 5.44. The van der Waals surface area contributed by atoms with Gasteiger partial charge in [0.2, 0.25) is 5.13 Å². The molecule has 138 valence electrons. The molecule has 27 heavy (non-hydrogen) atoms. The number of thiazole rings is 1. The van der Waals surface area contributed by atoms with E-state index in [0.29, 0.717) is 0 Å². The van der Waals surface area contributed by atoms with Gasteiger partial charge in [-0.2, -0.15) is 5.10 Å². The van der Waals surface area contributed by atoms with E-state index in [9.17, 15) is 0 Å². The van der Waals surface area contributed by atoms with Crippen LogP contribution in [0.3, 0.4) is 0 Å². The molecule has 0 radical (unpaired) electrons. The van der Waals surface area contributed by atoms with Crippen LogP contribution in [0.4, 0.5) is 5.13 Å². The molecule has 0 unspecified atom stereocenters. The second-order valence-electron chi connectivity index (χ2n) is 6.40. The number of hydrogen-bond donors (Lipinski definition) is 0. The number of hydrazone groups is 1. The molecule has 0 fully saturated rings. The summed E-state index contributed by atoms with van der Waals surface area (Å²) in [6.45, 7) is 2.06. The molecule has 5 nitrogen and oxygen atoms in total. The molecule has 0 N–H and O–H groups in total. The van der Waals surface area contributed by atoms with Gasteiger partial charge in [-0.3, -0.25) is 0 Å². The van der Waals surface area contributed by atoms with Crippen molar-refractivity contribution in [3.05, 3.63) is 59.5 Å². The molecular weight excluding hydrogens is 358 g/mol. The van der Waals surface area contributed by atoms with Gasteiger partial charge in [0.15, 0.2) is 11.5 Å². The van der Waals surface area contributed by atoms with Crippen LogP contribution >= 0.6 is 11.3 Å². The third-order valence-electron chi connectivity index (χ3n) is 4.61. The van der Waals surface area contributed by atoms with E-state index in [4.69, 9.17) is 19.6 Å². The molecule has 0 saturated carbocycles. The zero-order valence-electron chi connectivity index (χ0n) is 15.5. The molecule has 0 amide bonds. The normalized spacial score (nSPS) is 16.3. The highest BCUT2D eigenvalue weighted by Crippen LogP contribution is 2.40. The Balaban J connectivity index is 1.67. The first-order chi connectivity index (χ1) is 13.2. The van der Waals surface area contributed by atoms with Crippen LogP contribution < -0.4 is 14.5 Å². The Labute approximate surface area is 162 Å². The predicted octanol–water partition coefficient (Wildman–Crippen LogP) is 5.15. The fourth-order valence-corrected chi connectivity index (χ4v) is 4.10. The number of methoxy groups -OCH3 is 2. The minimum absolute atomic E-state index is 0.0968. The highest BCUT2D eigenvalue weighted by atomic mass is 32.1. The summed E-state index contributed by atoms with van der Waals surface area (Å²) in [5.74, 6) is 1.45. The van der Waals surface area contributed by atoms with Crippen LogP contribution in [0.5, 0.6) is 11.5 Å². The van der Waals surface area contributed by atoms with Crippen molar-refractivity contribution in [1.82, 2.24) is 4.98 Å². The quantitative estimate of drug-likeness (QED) is 0.615. The van der Waals surface area contributed by atoms with Crippen molar-refractivity contribution in [3.63, 3.8) is 0 Å². The van der Waals surface area contributed by atoms with Gasteiger partial charge in [0.25, 0.3) is 0 Å². The smallest absolute Gasteiger partial charge is 0.207 e. The number of anilines is 1. The fraction of sp³-hybridized carbons (Fsp3) is 0.238. The van der Waals surface area contributed by atoms with Crippen molar-refractivity contribution < 1.29 is 9.47 Å². The van der Waals surface area contributed by atoms with Gasteiger partial charge in [0.05, 0.1) is 26.0 Å². The summed E-state index contributed by atoms with van der Waals surface area (Å²) >= 11 is 1.61. The van der Waals surface area contributed by atoms with Crippen LogP contribution in [0, 0.1) is 0 Å². The molecule has 2 aromatic carbocycles. The van der Waals surface area contributed by atoms with Crippen LogP contribution in [0.25, 0.3) is 11.3 Å². The van der Waals surface area contributed by atoms with Crippen LogP contribution in [-0.2, 0) is 0 Å². The van der Waals surface area contributed by atoms with E-state index < -0.39 is 0 Å². The minimum Gasteiger partial charge on any atom is -0.493 e. The van der Waals surface area contributed by atoms with E-state index in [1.54, 1.807) is 25.6 Å². The second kappa shape index (κ2) is 7.40. The van der Waals surface area contributed by atoms with Crippen LogP contribution in [0.15, 0.2) is 59.0 Å². The molecular formula is C21H21N3O2S. The maximum absolute atomic E-state index is 5.47. The van der Waals surface area contributed by atoms with E-state index in [-0.39, 0.29) is 6.04 Å². The first-order valence-corrected chi connectivity index (χ1v) is 9.63. The maximum Gasteiger partial charge on any atom is 0.207 e. The summed E-state index contributed by atoms with van der Waals surface area (Å²) in [6, 6.07) is 16.3. The van der Waals surface area contributed by atoms with Crippen molar-refractivity contribution >= 4 is 22.2 Å². The second-order valence-corrected chi connectivity index (χ2v) is 7.23. The van der Waals surface area contributed by atoms with E-state index in [0.717, 1.165) is 45.6 Å². The molecule has 0 saturated heterocycles. The van der Waals surface area contributed by atoms with Gasteiger partial charge in [-0.15, -0.1) is 11.3 Å². The largest absolute Gasteiger partial charge is 0.493 e. The van der Waals surface area contributed by atoms with Crippen molar-refractivity contribution in [1.29, 1.82) is 0 Å². The molecule has 2 heterocycles. The van der Waals surface area contributed by atoms with Crippen LogP contribution in [0.1, 0.15) is 24.9 Å². The summed E-state index contributed by atoms with van der Waals surface area (Å²) in [5.41, 5.74) is 4.31. The maximum atomic E-state index is 5.47. The average molecular weight is 379 g/mol. The molecule has 1 aromatic heterocycles. The SMILES string of the molecule is COc1ccc([C@@H]2CC(C)=NN2c2nc(-c3ccccc3)cs2)cc1OC. The number of benzene rings is 2. The summed E-state index contributed by atoms with van der Waals surface area (Å²) in [5, 5.41) is 9.75. The molecule has 4 rings (SSSR count). The molecule has 3 aromatic rings. The lowest BCUT2D eigenvalue weighted by Gasteiger charge is -2.22. The summed E-state index contributed by atoms with van der Waals surface area (Å²) in [4.78, 5) is 4.83. The Kier molecular flexibility index (Phi) is 4.81. The summed E-state index contributed by atoms with van der Waals surface area (Å²) in [7, 11) is 3.30. The average Bonchev–Trinajstić information content (AvgIpc) is 3.35. The van der Waals surface area contributed by atoms with E-state index >= 15 is 0 Å². The highest BCUT2D eigenvalue weighted by Gasteiger charge is 2.30. The number of aromatic nitrogens is 1. The van der Waals surface area contributed by atoms with Crippen LogP contribution in [-0.4, -0.2) is 24.9 Å². The lowest BCUT2D eigenvalue weighted by Crippen LogP contribution is -2.18.